The Balaban J connectivity index is 1.86. The lowest BCUT2D eigenvalue weighted by atomic mass is 10.3. The highest BCUT2D eigenvalue weighted by Gasteiger charge is 2.28. The zero-order valence-electron chi connectivity index (χ0n) is 11.8. The van der Waals surface area contributed by atoms with Gasteiger partial charge in [0, 0.05) is 24.8 Å². The molecular formula is C14H22N2O3S. The van der Waals surface area contributed by atoms with Gasteiger partial charge < -0.3 is 10.5 Å². The van der Waals surface area contributed by atoms with Crippen molar-refractivity contribution in [1.29, 1.82) is 0 Å². The molecule has 2 N–H and O–H groups in total. The maximum absolute atomic E-state index is 12.2. The highest BCUT2D eigenvalue weighted by molar-refractivity contribution is 7.89. The summed E-state index contributed by atoms with van der Waals surface area (Å²) in [5.74, 6) is 0.596. The van der Waals surface area contributed by atoms with Crippen LogP contribution in [0.4, 0.5) is 5.69 Å². The summed E-state index contributed by atoms with van der Waals surface area (Å²) in [6.45, 7) is 0.142. The average Bonchev–Trinajstić information content (AvgIpc) is 2.91. The van der Waals surface area contributed by atoms with E-state index in [1.807, 2.05) is 0 Å². The lowest BCUT2D eigenvalue weighted by Crippen LogP contribution is -2.38. The van der Waals surface area contributed by atoms with E-state index in [4.69, 9.17) is 10.5 Å². The molecule has 0 heterocycles. The Morgan fingerprint density at radius 3 is 2.70 bits per heavy atom. The van der Waals surface area contributed by atoms with E-state index in [1.54, 1.807) is 31.3 Å². The summed E-state index contributed by atoms with van der Waals surface area (Å²) < 4.78 is 31.4. The van der Waals surface area contributed by atoms with Gasteiger partial charge in [0.2, 0.25) is 10.0 Å². The number of benzene rings is 1. The molecule has 0 radical (unpaired) electrons. The maximum Gasteiger partial charge on any atom is 0.217 e. The minimum Gasteiger partial charge on any atom is -0.492 e. The van der Waals surface area contributed by atoms with Crippen molar-refractivity contribution >= 4 is 15.7 Å². The van der Waals surface area contributed by atoms with Crippen molar-refractivity contribution in [3.05, 3.63) is 24.3 Å². The Morgan fingerprint density at radius 2 is 2.05 bits per heavy atom. The predicted molar refractivity (Wildman–Crippen MR) is 80.2 cm³/mol. The van der Waals surface area contributed by atoms with Gasteiger partial charge in [-0.25, -0.2) is 12.7 Å². The Bertz CT molecular complexity index is 539. The van der Waals surface area contributed by atoms with Crippen LogP contribution < -0.4 is 10.5 Å². The topological polar surface area (TPSA) is 72.6 Å². The number of nitrogens with two attached hydrogens (primary N) is 1. The standard InChI is InChI=1S/C14H22N2O3S/c1-16(13-6-2-3-7-13)20(17,18)10-9-19-14-8-4-5-12(15)11-14/h4-5,8,11,13H,2-3,6-7,9-10,15H2,1H3. The summed E-state index contributed by atoms with van der Waals surface area (Å²) in [5.41, 5.74) is 6.25. The number of anilines is 1. The molecule has 1 aliphatic carbocycles. The first-order valence-corrected chi connectivity index (χ1v) is 8.54. The highest BCUT2D eigenvalue weighted by atomic mass is 32.2. The molecule has 1 aromatic rings. The minimum atomic E-state index is -3.25. The normalized spacial score (nSPS) is 16.7. The largest absolute Gasteiger partial charge is 0.492 e. The molecule has 5 nitrogen and oxygen atoms in total. The minimum absolute atomic E-state index is 0.00516. The Morgan fingerprint density at radius 1 is 1.35 bits per heavy atom. The molecule has 0 unspecified atom stereocenters. The lowest BCUT2D eigenvalue weighted by molar-refractivity contribution is 0.329. The van der Waals surface area contributed by atoms with E-state index in [-0.39, 0.29) is 18.4 Å². The highest BCUT2D eigenvalue weighted by Crippen LogP contribution is 2.24. The third-order valence-corrected chi connectivity index (χ3v) is 5.60. The average molecular weight is 298 g/mol. The maximum atomic E-state index is 12.2. The molecule has 0 amide bonds. The van der Waals surface area contributed by atoms with Gasteiger partial charge in [-0.1, -0.05) is 18.9 Å². The van der Waals surface area contributed by atoms with Crippen LogP contribution in [-0.4, -0.2) is 38.2 Å². The van der Waals surface area contributed by atoms with Gasteiger partial charge >= 0.3 is 0 Å². The molecule has 2 rings (SSSR count). The van der Waals surface area contributed by atoms with Gasteiger partial charge in [-0.05, 0) is 25.0 Å². The second-order valence-corrected chi connectivity index (χ2v) is 7.34. The van der Waals surface area contributed by atoms with E-state index >= 15 is 0 Å². The number of nitrogens with zero attached hydrogens (tertiary/aromatic N) is 1. The molecule has 0 spiro atoms. The van der Waals surface area contributed by atoms with Crippen molar-refractivity contribution < 1.29 is 13.2 Å². The molecule has 20 heavy (non-hydrogen) atoms. The molecule has 0 aromatic heterocycles. The summed E-state index contributed by atoms with van der Waals surface area (Å²) in [4.78, 5) is 0. The van der Waals surface area contributed by atoms with Crippen molar-refractivity contribution in [1.82, 2.24) is 4.31 Å². The molecule has 6 heteroatoms. The van der Waals surface area contributed by atoms with Crippen molar-refractivity contribution in [2.45, 2.75) is 31.7 Å². The molecule has 1 aromatic carbocycles. The zero-order chi connectivity index (χ0) is 14.6. The molecular weight excluding hydrogens is 276 g/mol. The fourth-order valence-electron chi connectivity index (χ4n) is 2.51. The van der Waals surface area contributed by atoms with Gasteiger partial charge in [0.1, 0.15) is 12.4 Å². The Hall–Kier alpha value is -1.27. The van der Waals surface area contributed by atoms with Crippen LogP contribution in [0.5, 0.6) is 5.75 Å². The Kier molecular flexibility index (Phi) is 4.88. The van der Waals surface area contributed by atoms with E-state index in [2.05, 4.69) is 0 Å². The number of hydrogen-bond donors (Lipinski definition) is 1. The number of hydrogen-bond acceptors (Lipinski definition) is 4. The van der Waals surface area contributed by atoms with Crippen LogP contribution >= 0.6 is 0 Å². The number of ether oxygens (including phenoxy) is 1. The van der Waals surface area contributed by atoms with Gasteiger partial charge in [0.15, 0.2) is 0 Å². The van der Waals surface area contributed by atoms with Crippen LogP contribution in [0.2, 0.25) is 0 Å². The van der Waals surface area contributed by atoms with Crippen LogP contribution in [0.25, 0.3) is 0 Å². The van der Waals surface area contributed by atoms with Gasteiger partial charge in [-0.3, -0.25) is 0 Å². The zero-order valence-corrected chi connectivity index (χ0v) is 12.6. The van der Waals surface area contributed by atoms with Crippen LogP contribution in [0, 0.1) is 0 Å². The summed E-state index contributed by atoms with van der Waals surface area (Å²) in [5, 5.41) is 0. The van der Waals surface area contributed by atoms with Crippen LogP contribution in [-0.2, 0) is 10.0 Å². The molecule has 0 aliphatic heterocycles. The number of rotatable bonds is 6. The molecule has 1 saturated carbocycles. The van der Waals surface area contributed by atoms with Gasteiger partial charge in [-0.2, -0.15) is 0 Å². The molecule has 0 saturated heterocycles. The third-order valence-electron chi connectivity index (χ3n) is 3.75. The number of nitrogen functional groups attached to an aromatic ring is 1. The lowest BCUT2D eigenvalue weighted by Gasteiger charge is -2.23. The summed E-state index contributed by atoms with van der Waals surface area (Å²) in [7, 11) is -1.57. The summed E-state index contributed by atoms with van der Waals surface area (Å²) in [6.07, 6.45) is 4.16. The second kappa shape index (κ2) is 6.45. The SMILES string of the molecule is CN(C1CCCC1)S(=O)(=O)CCOc1cccc(N)c1. The van der Waals surface area contributed by atoms with Crippen LogP contribution in [0.3, 0.4) is 0 Å². The van der Waals surface area contributed by atoms with Gasteiger partial charge in [-0.15, -0.1) is 0 Å². The van der Waals surface area contributed by atoms with E-state index < -0.39 is 10.0 Å². The van der Waals surface area contributed by atoms with Crippen molar-refractivity contribution in [3.63, 3.8) is 0 Å². The van der Waals surface area contributed by atoms with Crippen LogP contribution in [0.1, 0.15) is 25.7 Å². The van der Waals surface area contributed by atoms with Crippen molar-refractivity contribution in [3.8, 4) is 5.75 Å². The van der Waals surface area contributed by atoms with Gasteiger partial charge in [0.05, 0.1) is 5.75 Å². The quantitative estimate of drug-likeness (QED) is 0.814. The third kappa shape index (κ3) is 3.86. The molecule has 112 valence electrons. The van der Waals surface area contributed by atoms with Crippen molar-refractivity contribution in [2.75, 3.05) is 25.1 Å². The van der Waals surface area contributed by atoms with E-state index in [0.717, 1.165) is 25.7 Å². The smallest absolute Gasteiger partial charge is 0.217 e. The molecule has 1 fully saturated rings. The summed E-state index contributed by atoms with van der Waals surface area (Å²) in [6, 6.07) is 7.16. The fraction of sp³-hybridized carbons (Fsp3) is 0.571. The second-order valence-electron chi connectivity index (χ2n) is 5.19. The molecule has 0 bridgehead atoms. The van der Waals surface area contributed by atoms with E-state index in [0.29, 0.717) is 11.4 Å². The van der Waals surface area contributed by atoms with Crippen LogP contribution in [0.15, 0.2) is 24.3 Å². The first-order chi connectivity index (χ1) is 9.49. The predicted octanol–water partition coefficient (Wildman–Crippen LogP) is 1.85. The first kappa shape index (κ1) is 15.1. The van der Waals surface area contributed by atoms with Gasteiger partial charge in [0.25, 0.3) is 0 Å². The fourth-order valence-corrected chi connectivity index (χ4v) is 3.76. The molecule has 0 atom stereocenters. The summed E-state index contributed by atoms with van der Waals surface area (Å²) >= 11 is 0. The first-order valence-electron chi connectivity index (χ1n) is 6.93. The van der Waals surface area contributed by atoms with E-state index in [1.165, 1.54) is 4.31 Å². The van der Waals surface area contributed by atoms with E-state index in [9.17, 15) is 8.42 Å². The molecule has 1 aliphatic rings. The monoisotopic (exact) mass is 298 g/mol. The number of sulfonamides is 1. The Labute approximate surface area is 120 Å². The van der Waals surface area contributed by atoms with Crippen molar-refractivity contribution in [2.24, 2.45) is 0 Å².